The maximum Gasteiger partial charge on any atom is 0.238 e. The summed E-state index contributed by atoms with van der Waals surface area (Å²) in [4.78, 5) is 12.8. The van der Waals surface area contributed by atoms with Crippen LogP contribution >= 0.6 is 0 Å². The van der Waals surface area contributed by atoms with Crippen molar-refractivity contribution in [1.29, 1.82) is 0 Å². The summed E-state index contributed by atoms with van der Waals surface area (Å²) >= 11 is 0. The Hall–Kier alpha value is -3.30. The van der Waals surface area contributed by atoms with Gasteiger partial charge in [-0.1, -0.05) is 6.07 Å². The van der Waals surface area contributed by atoms with Crippen LogP contribution in [0, 0.1) is 0 Å². The van der Waals surface area contributed by atoms with Crippen LogP contribution in [-0.2, 0) is 10.0 Å². The molecule has 2 aromatic carbocycles. The Labute approximate surface area is 156 Å². The van der Waals surface area contributed by atoms with Gasteiger partial charge in [0.05, 0.1) is 10.4 Å². The van der Waals surface area contributed by atoms with Crippen molar-refractivity contribution < 1.29 is 8.42 Å². The van der Waals surface area contributed by atoms with Crippen LogP contribution in [0.5, 0.6) is 0 Å². The third-order valence-corrected chi connectivity index (χ3v) is 4.73. The van der Waals surface area contributed by atoms with Crippen molar-refractivity contribution in [2.24, 2.45) is 15.9 Å². The molecular weight excluding hydrogens is 364 g/mol. The molecule has 0 bridgehead atoms. The molecule has 9 heteroatoms. The summed E-state index contributed by atoms with van der Waals surface area (Å²) < 4.78 is 22.6. The van der Waals surface area contributed by atoms with E-state index in [1.807, 2.05) is 18.2 Å². The van der Waals surface area contributed by atoms with Crippen molar-refractivity contribution in [2.45, 2.75) is 4.90 Å². The standard InChI is InChI=1S/C18H18N6O2S/c1-21-10-14(9-19)12-2-7-17-13(8-12)11-22-18(24-17)23-15-3-5-16(6-4-15)27(20,25)26/h2-11H,19H2,1H3,(H2,20,25,26)(H,22,23,24). The Morgan fingerprint density at radius 2 is 1.93 bits per heavy atom. The highest BCUT2D eigenvalue weighted by molar-refractivity contribution is 7.89. The van der Waals surface area contributed by atoms with E-state index in [0.717, 1.165) is 22.0 Å². The Bertz CT molecular complexity index is 1140. The fourth-order valence-electron chi connectivity index (χ4n) is 2.48. The molecule has 0 radical (unpaired) electrons. The summed E-state index contributed by atoms with van der Waals surface area (Å²) in [5, 5.41) is 8.98. The number of nitrogens with one attached hydrogen (secondary N) is 1. The fourth-order valence-corrected chi connectivity index (χ4v) is 3.00. The Balaban J connectivity index is 1.87. The zero-order valence-electron chi connectivity index (χ0n) is 14.5. The Morgan fingerprint density at radius 3 is 2.56 bits per heavy atom. The summed E-state index contributed by atoms with van der Waals surface area (Å²) in [7, 11) is -2.04. The monoisotopic (exact) mass is 382 g/mol. The van der Waals surface area contributed by atoms with Gasteiger partial charge in [0.1, 0.15) is 0 Å². The Kier molecular flexibility index (Phi) is 5.15. The third-order valence-electron chi connectivity index (χ3n) is 3.80. The van der Waals surface area contributed by atoms with Gasteiger partial charge >= 0.3 is 0 Å². The fraction of sp³-hybridized carbons (Fsp3) is 0.0556. The minimum absolute atomic E-state index is 0.0411. The third kappa shape index (κ3) is 4.27. The van der Waals surface area contributed by atoms with Crippen LogP contribution in [-0.4, -0.2) is 31.6 Å². The summed E-state index contributed by atoms with van der Waals surface area (Å²) in [6, 6.07) is 11.7. The van der Waals surface area contributed by atoms with Gasteiger partial charge < -0.3 is 11.1 Å². The average molecular weight is 382 g/mol. The molecule has 0 fully saturated rings. The van der Waals surface area contributed by atoms with Crippen molar-refractivity contribution >= 4 is 44.3 Å². The molecule has 0 saturated carbocycles. The number of fused-ring (bicyclic) bond motifs is 1. The van der Waals surface area contributed by atoms with Gasteiger partial charge in [0, 0.05) is 42.3 Å². The molecule has 0 unspecified atom stereocenters. The van der Waals surface area contributed by atoms with Crippen LogP contribution in [0.1, 0.15) is 5.56 Å². The topological polar surface area (TPSA) is 136 Å². The number of aliphatic imine (C=N–C) groups is 1. The van der Waals surface area contributed by atoms with Crippen LogP contribution in [0.2, 0.25) is 0 Å². The van der Waals surface area contributed by atoms with E-state index in [-0.39, 0.29) is 4.90 Å². The zero-order valence-corrected chi connectivity index (χ0v) is 15.3. The van der Waals surface area contributed by atoms with E-state index in [2.05, 4.69) is 20.3 Å². The predicted molar refractivity (Wildman–Crippen MR) is 107 cm³/mol. The quantitative estimate of drug-likeness (QED) is 0.578. The van der Waals surface area contributed by atoms with E-state index in [1.165, 1.54) is 18.3 Å². The molecule has 3 aromatic rings. The number of nitrogens with zero attached hydrogens (tertiary/aromatic N) is 3. The number of hydrogen-bond acceptors (Lipinski definition) is 7. The first kappa shape index (κ1) is 18.5. The van der Waals surface area contributed by atoms with Gasteiger partial charge in [0.25, 0.3) is 0 Å². The normalized spacial score (nSPS) is 12.6. The number of rotatable bonds is 5. The van der Waals surface area contributed by atoms with Crippen LogP contribution in [0.3, 0.4) is 0 Å². The molecular formula is C18H18N6O2S. The lowest BCUT2D eigenvalue weighted by atomic mass is 10.1. The first-order chi connectivity index (χ1) is 12.9. The van der Waals surface area contributed by atoms with Gasteiger partial charge in [0.15, 0.2) is 0 Å². The van der Waals surface area contributed by atoms with Gasteiger partial charge in [-0.05, 0) is 42.0 Å². The van der Waals surface area contributed by atoms with Crippen molar-refractivity contribution in [1.82, 2.24) is 9.97 Å². The first-order valence-electron chi connectivity index (χ1n) is 7.92. The average Bonchev–Trinajstić information content (AvgIpc) is 2.65. The second kappa shape index (κ2) is 7.52. The number of hydrogen-bond donors (Lipinski definition) is 3. The van der Waals surface area contributed by atoms with E-state index in [9.17, 15) is 8.42 Å². The molecule has 1 heterocycles. The number of nitrogens with two attached hydrogens (primary N) is 2. The lowest BCUT2D eigenvalue weighted by Gasteiger charge is -2.08. The predicted octanol–water partition coefficient (Wildman–Crippen LogP) is 2.02. The summed E-state index contributed by atoms with van der Waals surface area (Å²) in [6.45, 7) is 0. The second-order valence-corrected chi connectivity index (χ2v) is 7.23. The van der Waals surface area contributed by atoms with Gasteiger partial charge in [-0.15, -0.1) is 0 Å². The zero-order chi connectivity index (χ0) is 19.4. The smallest absolute Gasteiger partial charge is 0.238 e. The van der Waals surface area contributed by atoms with E-state index >= 15 is 0 Å². The Morgan fingerprint density at radius 1 is 1.19 bits per heavy atom. The molecule has 0 spiro atoms. The molecule has 0 atom stereocenters. The van der Waals surface area contributed by atoms with Gasteiger partial charge in [-0.2, -0.15) is 0 Å². The largest absolute Gasteiger partial charge is 0.404 e. The van der Waals surface area contributed by atoms with E-state index < -0.39 is 10.0 Å². The van der Waals surface area contributed by atoms with Gasteiger partial charge in [0.2, 0.25) is 16.0 Å². The number of benzene rings is 2. The molecule has 0 amide bonds. The van der Waals surface area contributed by atoms with E-state index in [1.54, 1.807) is 31.6 Å². The number of anilines is 2. The lowest BCUT2D eigenvalue weighted by Crippen LogP contribution is -2.11. The molecule has 138 valence electrons. The molecule has 8 nitrogen and oxygen atoms in total. The molecule has 27 heavy (non-hydrogen) atoms. The second-order valence-electron chi connectivity index (χ2n) is 5.67. The molecule has 0 aliphatic rings. The minimum atomic E-state index is -3.72. The van der Waals surface area contributed by atoms with Crippen molar-refractivity contribution in [2.75, 3.05) is 12.4 Å². The maximum absolute atomic E-state index is 11.3. The van der Waals surface area contributed by atoms with Crippen LogP contribution in [0.15, 0.2) is 64.7 Å². The number of primary sulfonamides is 1. The van der Waals surface area contributed by atoms with Crippen LogP contribution in [0.4, 0.5) is 11.6 Å². The van der Waals surface area contributed by atoms with E-state index in [4.69, 9.17) is 10.9 Å². The number of sulfonamides is 1. The first-order valence-corrected chi connectivity index (χ1v) is 9.46. The molecule has 0 aliphatic heterocycles. The van der Waals surface area contributed by atoms with Crippen LogP contribution in [0.25, 0.3) is 16.5 Å². The van der Waals surface area contributed by atoms with Crippen LogP contribution < -0.4 is 16.2 Å². The minimum Gasteiger partial charge on any atom is -0.404 e. The molecule has 0 aliphatic carbocycles. The maximum atomic E-state index is 11.3. The van der Waals surface area contributed by atoms with Gasteiger partial charge in [-0.25, -0.2) is 23.5 Å². The molecule has 0 saturated heterocycles. The van der Waals surface area contributed by atoms with Crippen molar-refractivity contribution in [3.05, 3.63) is 60.4 Å². The lowest BCUT2D eigenvalue weighted by molar-refractivity contribution is 0.598. The van der Waals surface area contributed by atoms with Crippen molar-refractivity contribution in [3.63, 3.8) is 0 Å². The summed E-state index contributed by atoms with van der Waals surface area (Å²) in [5.41, 5.74) is 8.76. The SMILES string of the molecule is CN=CC(=CN)c1ccc2nc(Nc3ccc(S(N)(=O)=O)cc3)ncc2c1. The van der Waals surface area contributed by atoms with Crippen molar-refractivity contribution in [3.8, 4) is 0 Å². The highest BCUT2D eigenvalue weighted by Crippen LogP contribution is 2.21. The summed E-state index contributed by atoms with van der Waals surface area (Å²) in [5.74, 6) is 0.392. The van der Waals surface area contributed by atoms with E-state index in [0.29, 0.717) is 11.6 Å². The van der Waals surface area contributed by atoms with Gasteiger partial charge in [-0.3, -0.25) is 4.99 Å². The molecule has 3 rings (SSSR count). The molecule has 1 aromatic heterocycles. The number of aromatic nitrogens is 2. The highest BCUT2D eigenvalue weighted by Gasteiger charge is 2.08. The molecule has 5 N–H and O–H groups in total. The number of allylic oxidation sites excluding steroid dienone is 1. The highest BCUT2D eigenvalue weighted by atomic mass is 32.2. The summed E-state index contributed by atoms with van der Waals surface area (Å²) in [6.07, 6.45) is 4.88.